The lowest BCUT2D eigenvalue weighted by atomic mass is 10.1. The van der Waals surface area contributed by atoms with E-state index in [1.54, 1.807) is 39.4 Å². The van der Waals surface area contributed by atoms with Crippen LogP contribution in [0.15, 0.2) is 102 Å². The first-order valence-electron chi connectivity index (χ1n) is 13.0. The highest BCUT2D eigenvalue weighted by atomic mass is 35.5. The lowest BCUT2D eigenvalue weighted by molar-refractivity contribution is -0.114. The second-order valence-corrected chi connectivity index (χ2v) is 9.69. The van der Waals surface area contributed by atoms with Crippen molar-refractivity contribution in [3.05, 3.63) is 118 Å². The summed E-state index contributed by atoms with van der Waals surface area (Å²) in [5.41, 5.74) is 4.40. The van der Waals surface area contributed by atoms with Gasteiger partial charge in [-0.1, -0.05) is 66.2 Å². The van der Waals surface area contributed by atoms with Crippen molar-refractivity contribution in [2.24, 2.45) is 5.10 Å². The quantitative estimate of drug-likeness (QED) is 0.187. The van der Waals surface area contributed by atoms with Crippen molar-refractivity contribution in [1.82, 2.24) is 0 Å². The van der Waals surface area contributed by atoms with E-state index < -0.39 is 0 Å². The molecule has 5 rings (SSSR count). The van der Waals surface area contributed by atoms with Gasteiger partial charge in [-0.2, -0.15) is 10.1 Å². The topological polar surface area (TPSA) is 69.6 Å². The molecule has 0 fully saturated rings. The van der Waals surface area contributed by atoms with E-state index in [0.717, 1.165) is 11.1 Å². The Morgan fingerprint density at radius 1 is 0.780 bits per heavy atom. The van der Waals surface area contributed by atoms with E-state index in [-0.39, 0.29) is 12.5 Å². The minimum Gasteiger partial charge on any atom is -0.493 e. The number of rotatable bonds is 10. The molecule has 0 aromatic heterocycles. The molecule has 1 aliphatic rings. The fourth-order valence-electron chi connectivity index (χ4n) is 4.37. The third-order valence-corrected chi connectivity index (χ3v) is 6.76. The molecule has 4 aromatic rings. The number of hydrogen-bond acceptors (Lipinski definition) is 6. The number of nitrogens with zero attached hydrogens (tertiary/aromatic N) is 2. The summed E-state index contributed by atoms with van der Waals surface area (Å²) in [4.78, 5) is 13.1. The predicted molar refractivity (Wildman–Crippen MR) is 161 cm³/mol. The number of ether oxygens (including phenoxy) is 4. The van der Waals surface area contributed by atoms with Crippen LogP contribution in [0.2, 0.25) is 5.02 Å². The molecule has 1 amide bonds. The molecule has 0 aliphatic carbocycles. The molecular formula is C33H29ClN2O5. The Balaban J connectivity index is 1.30. The number of carbonyl (C=O) groups is 1. The number of benzene rings is 4. The third-order valence-electron chi connectivity index (χ3n) is 6.47. The van der Waals surface area contributed by atoms with E-state index in [1.807, 2.05) is 78.9 Å². The number of anilines is 1. The third kappa shape index (κ3) is 6.36. The Bertz CT molecular complexity index is 1600. The van der Waals surface area contributed by atoms with Crippen LogP contribution in [0.1, 0.15) is 23.6 Å². The maximum Gasteiger partial charge on any atom is 0.280 e. The van der Waals surface area contributed by atoms with Crippen LogP contribution in [-0.4, -0.2) is 25.8 Å². The molecule has 0 saturated carbocycles. The Morgan fingerprint density at radius 2 is 1.46 bits per heavy atom. The van der Waals surface area contributed by atoms with Crippen LogP contribution in [0.4, 0.5) is 5.69 Å². The van der Waals surface area contributed by atoms with Crippen LogP contribution >= 0.6 is 11.6 Å². The van der Waals surface area contributed by atoms with Crippen molar-refractivity contribution in [1.29, 1.82) is 0 Å². The van der Waals surface area contributed by atoms with Gasteiger partial charge in [0.2, 0.25) is 0 Å². The van der Waals surface area contributed by atoms with Crippen molar-refractivity contribution >= 4 is 35.0 Å². The van der Waals surface area contributed by atoms with Crippen LogP contribution in [0.25, 0.3) is 6.08 Å². The molecule has 0 unspecified atom stereocenters. The van der Waals surface area contributed by atoms with Gasteiger partial charge in [-0.05, 0) is 66.1 Å². The Morgan fingerprint density at radius 3 is 2.17 bits per heavy atom. The smallest absolute Gasteiger partial charge is 0.280 e. The lowest BCUT2D eigenvalue weighted by Gasteiger charge is -2.15. The summed E-state index contributed by atoms with van der Waals surface area (Å²) in [5.74, 6) is 1.87. The van der Waals surface area contributed by atoms with Crippen LogP contribution in [0.3, 0.4) is 0 Å². The first-order chi connectivity index (χ1) is 20.0. The fourth-order valence-corrected chi connectivity index (χ4v) is 4.64. The molecule has 0 N–H and O–H groups in total. The van der Waals surface area contributed by atoms with Gasteiger partial charge in [0, 0.05) is 0 Å². The molecule has 0 atom stereocenters. The van der Waals surface area contributed by atoms with Crippen molar-refractivity contribution < 1.29 is 23.7 Å². The average molecular weight is 569 g/mol. The number of methoxy groups -OCH3 is 2. The number of halogens is 1. The standard InChI is InChI=1S/C33H29ClN2O5/c1-22-27(33(37)36(35-22)26-12-8-5-9-13-26)16-25-17-28(34)32(31(19-25)39-3)41-21-24-14-15-29(30(18-24)38-2)40-20-23-10-6-4-7-11-23/h4-19H,20-21H2,1-3H3/b27-16-. The van der Waals surface area contributed by atoms with Gasteiger partial charge in [0.1, 0.15) is 13.2 Å². The predicted octanol–water partition coefficient (Wildman–Crippen LogP) is 7.32. The normalized spacial score (nSPS) is 13.8. The number of hydrogen-bond donors (Lipinski definition) is 0. The largest absolute Gasteiger partial charge is 0.493 e. The molecule has 1 aliphatic heterocycles. The lowest BCUT2D eigenvalue weighted by Crippen LogP contribution is -2.21. The van der Waals surface area contributed by atoms with Crippen LogP contribution < -0.4 is 24.0 Å². The number of hydrazone groups is 1. The van der Waals surface area contributed by atoms with Gasteiger partial charge in [0.25, 0.3) is 5.91 Å². The van der Waals surface area contributed by atoms with E-state index in [4.69, 9.17) is 30.5 Å². The van der Waals surface area contributed by atoms with Crippen LogP contribution in [-0.2, 0) is 18.0 Å². The molecular weight excluding hydrogens is 540 g/mol. The van der Waals surface area contributed by atoms with E-state index in [9.17, 15) is 4.79 Å². The van der Waals surface area contributed by atoms with Crippen LogP contribution in [0.5, 0.6) is 23.0 Å². The van der Waals surface area contributed by atoms with Gasteiger partial charge in [-0.3, -0.25) is 4.79 Å². The second kappa shape index (κ2) is 12.6. The fraction of sp³-hybridized carbons (Fsp3) is 0.152. The van der Waals surface area contributed by atoms with Gasteiger partial charge in [0.05, 0.1) is 36.2 Å². The van der Waals surface area contributed by atoms with Gasteiger partial charge >= 0.3 is 0 Å². The van der Waals surface area contributed by atoms with E-state index in [1.165, 1.54) is 5.01 Å². The summed E-state index contributed by atoms with van der Waals surface area (Å²) < 4.78 is 23.2. The number of para-hydroxylation sites is 1. The summed E-state index contributed by atoms with van der Waals surface area (Å²) in [6.45, 7) is 2.46. The zero-order valence-corrected chi connectivity index (χ0v) is 23.7. The van der Waals surface area contributed by atoms with E-state index in [2.05, 4.69) is 5.10 Å². The van der Waals surface area contributed by atoms with Gasteiger partial charge in [-0.25, -0.2) is 0 Å². The highest BCUT2D eigenvalue weighted by molar-refractivity contribution is 6.33. The Kier molecular flexibility index (Phi) is 8.56. The zero-order chi connectivity index (χ0) is 28.8. The molecule has 1 heterocycles. The second-order valence-electron chi connectivity index (χ2n) is 9.28. The highest BCUT2D eigenvalue weighted by Crippen LogP contribution is 2.38. The Hall–Kier alpha value is -4.75. The molecule has 0 spiro atoms. The number of amides is 1. The summed E-state index contributed by atoms with van der Waals surface area (Å²) in [6.07, 6.45) is 1.75. The zero-order valence-electron chi connectivity index (χ0n) is 23.0. The maximum atomic E-state index is 13.1. The minimum absolute atomic E-state index is 0.214. The maximum absolute atomic E-state index is 13.1. The first kappa shape index (κ1) is 27.8. The molecule has 41 heavy (non-hydrogen) atoms. The van der Waals surface area contributed by atoms with E-state index in [0.29, 0.717) is 57.2 Å². The molecule has 8 heteroatoms. The van der Waals surface area contributed by atoms with Crippen LogP contribution in [0, 0.1) is 0 Å². The highest BCUT2D eigenvalue weighted by Gasteiger charge is 2.28. The van der Waals surface area contributed by atoms with Gasteiger partial charge in [-0.15, -0.1) is 0 Å². The summed E-state index contributed by atoms with van der Waals surface area (Å²) in [6, 6.07) is 28.4. The average Bonchev–Trinajstić information content (AvgIpc) is 3.28. The molecule has 0 radical (unpaired) electrons. The Labute approximate surface area is 244 Å². The first-order valence-corrected chi connectivity index (χ1v) is 13.4. The van der Waals surface area contributed by atoms with Gasteiger partial charge in [0.15, 0.2) is 23.0 Å². The number of carbonyl (C=O) groups excluding carboxylic acids is 1. The van der Waals surface area contributed by atoms with Crippen molar-refractivity contribution in [3.63, 3.8) is 0 Å². The summed E-state index contributed by atoms with van der Waals surface area (Å²) in [7, 11) is 3.14. The van der Waals surface area contributed by atoms with Crippen molar-refractivity contribution in [2.75, 3.05) is 19.2 Å². The molecule has 4 aromatic carbocycles. The monoisotopic (exact) mass is 568 g/mol. The van der Waals surface area contributed by atoms with Gasteiger partial charge < -0.3 is 18.9 Å². The minimum atomic E-state index is -0.214. The van der Waals surface area contributed by atoms with E-state index >= 15 is 0 Å². The van der Waals surface area contributed by atoms with Crippen molar-refractivity contribution in [3.8, 4) is 23.0 Å². The van der Waals surface area contributed by atoms with Crippen molar-refractivity contribution in [2.45, 2.75) is 20.1 Å². The molecule has 208 valence electrons. The summed E-state index contributed by atoms with van der Waals surface area (Å²) >= 11 is 6.64. The SMILES string of the molecule is COc1cc(COc2c(Cl)cc(/C=C3\C(=O)N(c4ccccc4)N=C3C)cc2OC)ccc1OCc1ccccc1. The summed E-state index contributed by atoms with van der Waals surface area (Å²) in [5, 5.41) is 6.18. The molecule has 7 nitrogen and oxygen atoms in total. The molecule has 0 bridgehead atoms. The molecule has 0 saturated heterocycles.